The first-order valence-electron chi connectivity index (χ1n) is 28.3. The summed E-state index contributed by atoms with van der Waals surface area (Å²) >= 11 is 1.49. The number of esters is 1. The smallest absolute Gasteiger partial charge is 0.328 e. The van der Waals surface area contributed by atoms with Gasteiger partial charge in [-0.05, 0) is 89.0 Å². The van der Waals surface area contributed by atoms with Gasteiger partial charge >= 0.3 is 5.97 Å². The number of hydrogen-bond acceptors (Lipinski definition) is 16. The molecule has 2 N–H and O–H groups in total. The van der Waals surface area contributed by atoms with Gasteiger partial charge in [-0.15, -0.1) is 11.3 Å². The molecule has 2 amide bonds. The number of benzene rings is 1. The number of anilines is 1. The second kappa shape index (κ2) is 20.8. The fraction of sp³-hybridized carbons (Fsp3) is 0.672. The molecule has 0 unspecified atom stereocenters. The summed E-state index contributed by atoms with van der Waals surface area (Å²) in [6.45, 7) is 20.4. The summed E-state index contributed by atoms with van der Waals surface area (Å²) in [5, 5.41) is 8.56. The molecule has 3 aromatic heterocycles. The van der Waals surface area contributed by atoms with Crippen LogP contribution in [0.2, 0.25) is 0 Å². The average molecular weight is 1080 g/mol. The number of likely N-dealkylation sites (tertiary alicyclic amines) is 1. The molecule has 4 aromatic rings. The van der Waals surface area contributed by atoms with E-state index in [0.29, 0.717) is 70.3 Å². The Morgan fingerprint density at radius 2 is 1.78 bits per heavy atom. The molecule has 7 aliphatic heterocycles. The zero-order chi connectivity index (χ0) is 53.5. The van der Waals surface area contributed by atoms with Crippen LogP contribution >= 0.6 is 11.3 Å². The van der Waals surface area contributed by atoms with Crippen molar-refractivity contribution < 1.29 is 42.8 Å². The van der Waals surface area contributed by atoms with Crippen molar-refractivity contribution in [2.75, 3.05) is 91.4 Å². The number of hydrazine groups is 1. The summed E-state index contributed by atoms with van der Waals surface area (Å²) in [5.74, 6) is -0.959. The molecule has 8 fully saturated rings. The second-order valence-electron chi connectivity index (χ2n) is 24.9. The second-order valence-corrected chi connectivity index (χ2v) is 25.8. The van der Waals surface area contributed by atoms with Crippen LogP contribution in [0.4, 0.5) is 5.69 Å². The van der Waals surface area contributed by atoms with Crippen molar-refractivity contribution in [1.82, 2.24) is 40.1 Å². The molecule has 0 radical (unpaired) electrons. The monoisotopic (exact) mass is 1080 g/mol. The average Bonchev–Trinajstić information content (AvgIpc) is 4.21. The molecular formula is C58H79N9O9S. The molecule has 1 spiro atoms. The number of methoxy groups -OCH3 is 2. The molecule has 13 rings (SSSR count). The van der Waals surface area contributed by atoms with Gasteiger partial charge in [-0.25, -0.2) is 15.2 Å². The highest BCUT2D eigenvalue weighted by molar-refractivity contribution is 7.10. The van der Waals surface area contributed by atoms with Crippen molar-refractivity contribution in [3.8, 4) is 22.5 Å². The molecule has 6 saturated heterocycles. The largest absolute Gasteiger partial charge is 0.464 e. The Hall–Kier alpha value is -4.57. The summed E-state index contributed by atoms with van der Waals surface area (Å²) < 4.78 is 39.5. The maximum Gasteiger partial charge on any atom is 0.328 e. The SMILES string of the molecule is COC1CN([C@@H]2c3nc(cs3)-c3ccc4c(c3)c(c(-c3cc(N5CCN(C6CC6)CC5)cnc3[C@H](C)OC)n4CCO[C@H]3CCOC(C)(C)C3)CC(C)(C)COC(=O)C34CC(CN(N3)C(=O)[C@H]2NC(=O)[C@H]2OC[C@@H]2C)C4)C1. The Kier molecular flexibility index (Phi) is 14.4. The first-order chi connectivity index (χ1) is 37.0. The molecule has 10 heterocycles. The Morgan fingerprint density at radius 1 is 0.987 bits per heavy atom. The van der Waals surface area contributed by atoms with Crippen molar-refractivity contribution in [3.63, 3.8) is 0 Å². The predicted molar refractivity (Wildman–Crippen MR) is 292 cm³/mol. The Labute approximate surface area is 456 Å². The molecule has 18 nitrogen and oxygen atoms in total. The van der Waals surface area contributed by atoms with E-state index in [0.717, 1.165) is 95.4 Å². The number of nitrogens with one attached hydrogen (secondary N) is 2. The lowest BCUT2D eigenvalue weighted by atomic mass is 9.66. The van der Waals surface area contributed by atoms with Crippen LogP contribution in [-0.4, -0.2) is 175 Å². The van der Waals surface area contributed by atoms with Crippen molar-refractivity contribution in [2.24, 2.45) is 17.3 Å². The van der Waals surface area contributed by atoms with E-state index in [9.17, 15) is 9.59 Å². The van der Waals surface area contributed by atoms with Crippen molar-refractivity contribution in [2.45, 2.75) is 147 Å². The lowest BCUT2D eigenvalue weighted by Crippen LogP contribution is -2.75. The topological polar surface area (TPSA) is 174 Å². The molecular weight excluding hydrogens is 999 g/mol. The summed E-state index contributed by atoms with van der Waals surface area (Å²) in [7, 11) is 3.44. The van der Waals surface area contributed by atoms with Crippen LogP contribution in [0, 0.1) is 17.3 Å². The van der Waals surface area contributed by atoms with E-state index in [-0.39, 0.29) is 60.1 Å². The lowest BCUT2D eigenvalue weighted by molar-refractivity contribution is -0.181. The number of fused-ring (bicyclic) bond motifs is 4. The maximum absolute atomic E-state index is 15.3. The number of amides is 2. The Balaban J connectivity index is 1.01. The predicted octanol–water partition coefficient (Wildman–Crippen LogP) is 6.31. The molecule has 1 aromatic carbocycles. The van der Waals surface area contributed by atoms with E-state index >= 15 is 4.79 Å². The third-order valence-electron chi connectivity index (χ3n) is 18.0. The molecule has 2 aliphatic carbocycles. The van der Waals surface area contributed by atoms with Crippen molar-refractivity contribution >= 4 is 45.7 Å². The fourth-order valence-corrected chi connectivity index (χ4v) is 14.3. The van der Waals surface area contributed by atoms with Gasteiger partial charge in [0.15, 0.2) is 0 Å². The number of thiazole rings is 1. The maximum atomic E-state index is 15.3. The van der Waals surface area contributed by atoms with E-state index in [1.165, 1.54) is 24.2 Å². The number of piperazine rings is 1. The molecule has 9 aliphatic rings. The number of hydrogen-bond donors (Lipinski definition) is 2. The summed E-state index contributed by atoms with van der Waals surface area (Å²) in [6.07, 6.45) is 6.96. The molecule has 416 valence electrons. The minimum Gasteiger partial charge on any atom is -0.464 e. The van der Waals surface area contributed by atoms with E-state index in [2.05, 4.69) is 94.3 Å². The fourth-order valence-electron chi connectivity index (χ4n) is 13.3. The summed E-state index contributed by atoms with van der Waals surface area (Å²) in [5.41, 5.74) is 9.32. The van der Waals surface area contributed by atoms with Crippen molar-refractivity contribution in [1.29, 1.82) is 0 Å². The number of nitrogens with zero attached hydrogens (tertiary/aromatic N) is 7. The Bertz CT molecular complexity index is 2860. The third kappa shape index (κ3) is 10.3. The normalized spacial score (nSPS) is 30.2. The zero-order valence-electron chi connectivity index (χ0n) is 46.3. The van der Waals surface area contributed by atoms with Gasteiger partial charge in [0.25, 0.3) is 5.91 Å². The van der Waals surface area contributed by atoms with Gasteiger partial charge in [-0.1, -0.05) is 26.8 Å². The highest BCUT2D eigenvalue weighted by Gasteiger charge is 2.59. The highest BCUT2D eigenvalue weighted by atomic mass is 32.1. The van der Waals surface area contributed by atoms with Crippen LogP contribution in [0.3, 0.4) is 0 Å². The molecule has 6 atom stereocenters. The number of ether oxygens (including phenoxy) is 6. The minimum atomic E-state index is -1.08. The molecule has 19 heteroatoms. The van der Waals surface area contributed by atoms with Crippen LogP contribution in [0.25, 0.3) is 33.4 Å². The molecule has 7 bridgehead atoms. The number of rotatable bonds is 13. The van der Waals surface area contributed by atoms with Gasteiger partial charge in [0, 0.05) is 124 Å². The van der Waals surface area contributed by atoms with Gasteiger partial charge in [0.1, 0.15) is 22.7 Å². The first-order valence-corrected chi connectivity index (χ1v) is 29.2. The van der Waals surface area contributed by atoms with Crippen molar-refractivity contribution in [3.05, 3.63) is 52.1 Å². The van der Waals surface area contributed by atoms with E-state index in [1.807, 2.05) is 13.1 Å². The standard InChI is InChI=1S/C58H79N9O9S/c1-34-31-74-51(34)52(68)61-48-50(65-29-41(30-65)72-8)53-60-45(32-77-53)37-9-12-46-42(21-37)44(26-56(3,4)33-75-55(70)58-23-36(24-58)28-67(62-58)54(48)69)49(66(46)18-20-73-40-13-19-76-57(5,6)25-40)43-22-39(27-59-47(43)35(2)71-7)64-16-14-63(15-17-64)38-10-11-38/h9,12,21-22,27,32,34-36,38,40-41,48,50-51,62H,10-11,13-20,23-26,28-31,33H2,1-8H3,(H,61,68)/t34-,35-,36?,40-,48-,50-,51-,58?/m0/s1. The first kappa shape index (κ1) is 53.1. The number of aromatic nitrogens is 3. The quantitative estimate of drug-likeness (QED) is 0.143. The number of carbonyl (C=O) groups is 3. The van der Waals surface area contributed by atoms with Crippen LogP contribution in [0.5, 0.6) is 0 Å². The third-order valence-corrected chi connectivity index (χ3v) is 18.9. The Morgan fingerprint density at radius 3 is 2.48 bits per heavy atom. The number of cyclic esters (lactones) is 1. The van der Waals surface area contributed by atoms with Gasteiger partial charge in [-0.3, -0.25) is 29.4 Å². The summed E-state index contributed by atoms with van der Waals surface area (Å²) in [4.78, 5) is 62.1. The van der Waals surface area contributed by atoms with Gasteiger partial charge in [-0.2, -0.15) is 0 Å². The van der Waals surface area contributed by atoms with E-state index in [4.69, 9.17) is 38.4 Å². The minimum absolute atomic E-state index is 0.00389. The van der Waals surface area contributed by atoms with Gasteiger partial charge < -0.3 is 43.2 Å². The number of carbonyl (C=O) groups excluding carboxylic acids is 3. The molecule has 77 heavy (non-hydrogen) atoms. The van der Waals surface area contributed by atoms with E-state index < -0.39 is 29.1 Å². The summed E-state index contributed by atoms with van der Waals surface area (Å²) in [6, 6.07) is 7.98. The van der Waals surface area contributed by atoms with Crippen LogP contribution in [0.15, 0.2) is 35.8 Å². The van der Waals surface area contributed by atoms with Crippen LogP contribution < -0.4 is 15.6 Å². The van der Waals surface area contributed by atoms with Gasteiger partial charge in [0.05, 0.1) is 78.7 Å². The lowest BCUT2D eigenvalue weighted by Gasteiger charge is -2.55. The molecule has 2 saturated carbocycles. The number of pyridine rings is 1. The zero-order valence-corrected chi connectivity index (χ0v) is 47.1. The highest BCUT2D eigenvalue weighted by Crippen LogP contribution is 2.47. The van der Waals surface area contributed by atoms with E-state index in [1.54, 1.807) is 19.2 Å². The van der Waals surface area contributed by atoms with Crippen LogP contribution in [0.1, 0.15) is 108 Å². The van der Waals surface area contributed by atoms with Crippen LogP contribution in [-0.2, 0) is 55.8 Å². The van der Waals surface area contributed by atoms with Gasteiger partial charge in [0.2, 0.25) is 5.91 Å².